The van der Waals surface area contributed by atoms with Crippen LogP contribution in [0.15, 0.2) is 36.4 Å². The molecule has 0 saturated heterocycles. The Labute approximate surface area is 131 Å². The maximum absolute atomic E-state index is 12.2. The number of nitro groups is 1. The normalized spacial score (nSPS) is 10.1. The second-order valence-corrected chi connectivity index (χ2v) is 4.88. The topological polar surface area (TPSA) is 78.7 Å². The monoisotopic (exact) mass is 321 g/mol. The van der Waals surface area contributed by atoms with Gasteiger partial charge in [0.05, 0.1) is 12.0 Å². The number of hydrogen-bond acceptors (Lipinski definition) is 5. The van der Waals surface area contributed by atoms with Gasteiger partial charge < -0.3 is 9.47 Å². The number of rotatable bonds is 4. The summed E-state index contributed by atoms with van der Waals surface area (Å²) in [5, 5.41) is 11.3. The van der Waals surface area contributed by atoms with Crippen LogP contribution in [0, 0.1) is 17.0 Å². The van der Waals surface area contributed by atoms with Crippen molar-refractivity contribution < 1.29 is 19.2 Å². The van der Waals surface area contributed by atoms with E-state index in [1.165, 1.54) is 19.2 Å². The van der Waals surface area contributed by atoms with Crippen LogP contribution in [0.5, 0.6) is 11.5 Å². The lowest BCUT2D eigenvalue weighted by Gasteiger charge is -2.10. The molecule has 0 aliphatic heterocycles. The van der Waals surface area contributed by atoms with E-state index in [1.807, 2.05) is 0 Å². The predicted molar refractivity (Wildman–Crippen MR) is 80.8 cm³/mol. The minimum atomic E-state index is -0.744. The summed E-state index contributed by atoms with van der Waals surface area (Å²) in [6, 6.07) is 8.51. The van der Waals surface area contributed by atoms with E-state index in [9.17, 15) is 14.9 Å². The van der Waals surface area contributed by atoms with Crippen LogP contribution in [0.3, 0.4) is 0 Å². The van der Waals surface area contributed by atoms with Gasteiger partial charge in [0, 0.05) is 17.2 Å². The summed E-state index contributed by atoms with van der Waals surface area (Å²) >= 11 is 5.84. The minimum Gasteiger partial charge on any atom is -0.496 e. The van der Waals surface area contributed by atoms with Crippen LogP contribution < -0.4 is 9.47 Å². The summed E-state index contributed by atoms with van der Waals surface area (Å²) < 4.78 is 10.3. The predicted octanol–water partition coefficient (Wildman–Crippen LogP) is 3.78. The Morgan fingerprint density at radius 2 is 1.86 bits per heavy atom. The van der Waals surface area contributed by atoms with Crippen molar-refractivity contribution >= 4 is 23.3 Å². The molecular formula is C15H12ClNO5. The van der Waals surface area contributed by atoms with Crippen LogP contribution in [0.25, 0.3) is 0 Å². The van der Waals surface area contributed by atoms with Crippen LogP contribution in [-0.4, -0.2) is 18.0 Å². The Morgan fingerprint density at radius 3 is 2.45 bits per heavy atom. The molecule has 0 aliphatic carbocycles. The smallest absolute Gasteiger partial charge is 0.347 e. The largest absolute Gasteiger partial charge is 0.496 e. The van der Waals surface area contributed by atoms with Gasteiger partial charge >= 0.3 is 5.97 Å². The Morgan fingerprint density at radius 1 is 1.18 bits per heavy atom. The second-order valence-electron chi connectivity index (χ2n) is 4.44. The molecule has 0 aliphatic rings. The van der Waals surface area contributed by atoms with Crippen molar-refractivity contribution in [3.8, 4) is 11.5 Å². The van der Waals surface area contributed by atoms with Crippen molar-refractivity contribution in [2.75, 3.05) is 7.11 Å². The molecule has 0 fully saturated rings. The van der Waals surface area contributed by atoms with Crippen molar-refractivity contribution in [1.29, 1.82) is 0 Å². The van der Waals surface area contributed by atoms with Crippen molar-refractivity contribution in [2.45, 2.75) is 6.92 Å². The summed E-state index contributed by atoms with van der Waals surface area (Å²) in [7, 11) is 1.37. The summed E-state index contributed by atoms with van der Waals surface area (Å²) in [5.41, 5.74) is 0.428. The number of halogens is 1. The van der Waals surface area contributed by atoms with Crippen molar-refractivity contribution in [3.63, 3.8) is 0 Å². The van der Waals surface area contributed by atoms with Crippen LogP contribution in [0.1, 0.15) is 15.9 Å². The molecule has 6 nitrogen and oxygen atoms in total. The fraction of sp³-hybridized carbons (Fsp3) is 0.133. The third-order valence-corrected chi connectivity index (χ3v) is 3.19. The molecule has 0 spiro atoms. The fourth-order valence-electron chi connectivity index (χ4n) is 1.85. The third-order valence-electron chi connectivity index (χ3n) is 2.95. The standard InChI is InChI=1S/C15H12ClNO5/c1-9-7-10(16)3-5-13(9)22-15(18)12-8-11(17(19)20)4-6-14(12)21-2/h3-8H,1-2H3. The average molecular weight is 322 g/mol. The number of esters is 1. The Bertz CT molecular complexity index is 745. The molecular weight excluding hydrogens is 310 g/mol. The van der Waals surface area contributed by atoms with Gasteiger partial charge in [0.2, 0.25) is 0 Å². The molecule has 22 heavy (non-hydrogen) atoms. The number of methoxy groups -OCH3 is 1. The van der Waals surface area contributed by atoms with E-state index in [-0.39, 0.29) is 17.0 Å². The Hall–Kier alpha value is -2.60. The first kappa shape index (κ1) is 15.8. The van der Waals surface area contributed by atoms with Crippen molar-refractivity contribution in [1.82, 2.24) is 0 Å². The van der Waals surface area contributed by atoms with Crippen LogP contribution >= 0.6 is 11.6 Å². The Balaban J connectivity index is 2.35. The molecule has 2 aromatic carbocycles. The van der Waals surface area contributed by atoms with Crippen LogP contribution in [-0.2, 0) is 0 Å². The third kappa shape index (κ3) is 3.35. The number of non-ortho nitro benzene ring substituents is 1. The highest BCUT2D eigenvalue weighted by atomic mass is 35.5. The number of aryl methyl sites for hydroxylation is 1. The number of carbonyl (C=O) groups excluding carboxylic acids is 1. The van der Waals surface area contributed by atoms with Gasteiger partial charge in [-0.1, -0.05) is 11.6 Å². The molecule has 0 N–H and O–H groups in total. The first-order chi connectivity index (χ1) is 10.4. The van der Waals surface area contributed by atoms with E-state index < -0.39 is 10.9 Å². The molecule has 0 aromatic heterocycles. The molecule has 114 valence electrons. The molecule has 0 amide bonds. The molecule has 0 saturated carbocycles. The molecule has 0 atom stereocenters. The summed E-state index contributed by atoms with van der Waals surface area (Å²) in [6.45, 7) is 1.74. The van der Waals surface area contributed by atoms with Gasteiger partial charge in [0.15, 0.2) is 0 Å². The molecule has 7 heteroatoms. The number of ether oxygens (including phenoxy) is 2. The van der Waals surface area contributed by atoms with Crippen molar-refractivity contribution in [2.24, 2.45) is 0 Å². The zero-order valence-corrected chi connectivity index (χ0v) is 12.6. The lowest BCUT2D eigenvalue weighted by Crippen LogP contribution is -2.11. The van der Waals surface area contributed by atoms with E-state index in [4.69, 9.17) is 21.1 Å². The highest BCUT2D eigenvalue weighted by Crippen LogP contribution is 2.27. The zero-order chi connectivity index (χ0) is 16.3. The molecule has 2 aromatic rings. The summed E-state index contributed by atoms with van der Waals surface area (Å²) in [6.07, 6.45) is 0. The van der Waals surface area contributed by atoms with Gasteiger partial charge in [-0.3, -0.25) is 10.1 Å². The fourth-order valence-corrected chi connectivity index (χ4v) is 2.08. The number of carbonyl (C=O) groups is 1. The van der Waals surface area contributed by atoms with Gasteiger partial charge in [-0.15, -0.1) is 0 Å². The number of nitrogens with zero attached hydrogens (tertiary/aromatic N) is 1. The molecule has 0 bridgehead atoms. The number of nitro benzene ring substituents is 1. The zero-order valence-electron chi connectivity index (χ0n) is 11.8. The maximum Gasteiger partial charge on any atom is 0.347 e. The van der Waals surface area contributed by atoms with Gasteiger partial charge in [0.1, 0.15) is 17.1 Å². The minimum absolute atomic E-state index is 0.0222. The quantitative estimate of drug-likeness (QED) is 0.370. The molecule has 0 heterocycles. The summed E-state index contributed by atoms with van der Waals surface area (Å²) in [5.74, 6) is -0.226. The van der Waals surface area contributed by atoms with Gasteiger partial charge in [0.25, 0.3) is 5.69 Å². The second kappa shape index (κ2) is 6.44. The lowest BCUT2D eigenvalue weighted by molar-refractivity contribution is -0.384. The van der Waals surface area contributed by atoms with Gasteiger partial charge in [-0.05, 0) is 36.8 Å². The highest BCUT2D eigenvalue weighted by molar-refractivity contribution is 6.30. The number of hydrogen-bond donors (Lipinski definition) is 0. The maximum atomic E-state index is 12.2. The molecule has 0 radical (unpaired) electrons. The van der Waals surface area contributed by atoms with E-state index in [0.717, 1.165) is 6.07 Å². The van der Waals surface area contributed by atoms with E-state index in [0.29, 0.717) is 16.3 Å². The SMILES string of the molecule is COc1ccc([N+](=O)[O-])cc1C(=O)Oc1ccc(Cl)cc1C. The Kier molecular flexibility index (Phi) is 4.62. The molecule has 2 rings (SSSR count). The lowest BCUT2D eigenvalue weighted by atomic mass is 10.1. The molecule has 0 unspecified atom stereocenters. The van der Waals surface area contributed by atoms with E-state index in [1.54, 1.807) is 25.1 Å². The average Bonchev–Trinajstić information content (AvgIpc) is 2.49. The highest BCUT2D eigenvalue weighted by Gasteiger charge is 2.20. The number of benzene rings is 2. The van der Waals surface area contributed by atoms with Crippen molar-refractivity contribution in [3.05, 3.63) is 62.7 Å². The van der Waals surface area contributed by atoms with Gasteiger partial charge in [-0.2, -0.15) is 0 Å². The van der Waals surface area contributed by atoms with Crippen LogP contribution in [0.2, 0.25) is 5.02 Å². The van der Waals surface area contributed by atoms with E-state index in [2.05, 4.69) is 0 Å². The summed E-state index contributed by atoms with van der Waals surface area (Å²) in [4.78, 5) is 22.5. The first-order valence-electron chi connectivity index (χ1n) is 6.23. The van der Waals surface area contributed by atoms with Gasteiger partial charge in [-0.25, -0.2) is 4.79 Å². The first-order valence-corrected chi connectivity index (χ1v) is 6.61. The van der Waals surface area contributed by atoms with Crippen LogP contribution in [0.4, 0.5) is 5.69 Å². The van der Waals surface area contributed by atoms with E-state index >= 15 is 0 Å².